The Labute approximate surface area is 175 Å². The number of likely N-dealkylation sites (tertiary alicyclic amines) is 1. The topological polar surface area (TPSA) is 56.1 Å². The number of nitrogens with zero attached hydrogens (tertiary/aromatic N) is 2. The molecule has 4 nitrogen and oxygen atoms in total. The van der Waals surface area contributed by atoms with Crippen molar-refractivity contribution in [3.63, 3.8) is 0 Å². The number of amides is 1. The molecule has 0 spiro atoms. The number of hydrogen-bond acceptors (Lipinski definition) is 3. The molecule has 1 fully saturated rings. The lowest BCUT2D eigenvalue weighted by molar-refractivity contribution is -0.128. The number of rotatable bonds is 6. The zero-order valence-electron chi connectivity index (χ0n) is 15.8. The van der Waals surface area contributed by atoms with Crippen LogP contribution in [0.5, 0.6) is 0 Å². The lowest BCUT2D eigenvalue weighted by Gasteiger charge is -2.32. The van der Waals surface area contributed by atoms with Gasteiger partial charge >= 0.3 is 0 Å². The highest BCUT2D eigenvalue weighted by Crippen LogP contribution is 2.22. The van der Waals surface area contributed by atoms with Crippen LogP contribution in [0.3, 0.4) is 0 Å². The highest BCUT2D eigenvalue weighted by atomic mass is 79.9. The van der Waals surface area contributed by atoms with Crippen molar-refractivity contribution >= 4 is 21.8 Å². The molecule has 0 unspecified atom stereocenters. The number of nitrogens with one attached hydrogen (secondary N) is 1. The number of carbonyl (C=O) groups is 1. The molecule has 0 aromatic heterocycles. The van der Waals surface area contributed by atoms with E-state index in [0.717, 1.165) is 29.3 Å². The van der Waals surface area contributed by atoms with Gasteiger partial charge < -0.3 is 10.2 Å². The van der Waals surface area contributed by atoms with Gasteiger partial charge in [0.25, 0.3) is 5.91 Å². The maximum absolute atomic E-state index is 12.7. The summed E-state index contributed by atoms with van der Waals surface area (Å²) in [5.41, 5.74) is 2.60. The maximum atomic E-state index is 12.7. The second kappa shape index (κ2) is 10.1. The van der Waals surface area contributed by atoms with Gasteiger partial charge in [0.2, 0.25) is 0 Å². The minimum atomic E-state index is -0.177. The van der Waals surface area contributed by atoms with Crippen LogP contribution in [0.1, 0.15) is 24.0 Å². The number of hydrogen-bond donors (Lipinski definition) is 1. The van der Waals surface area contributed by atoms with Crippen LogP contribution in [0.4, 0.5) is 0 Å². The Hall–Kier alpha value is -2.58. The molecule has 2 aromatic rings. The van der Waals surface area contributed by atoms with Crippen molar-refractivity contribution < 1.29 is 4.79 Å². The summed E-state index contributed by atoms with van der Waals surface area (Å²) in [5.74, 6) is 0.417. The van der Waals surface area contributed by atoms with E-state index in [2.05, 4.69) is 45.5 Å². The molecule has 3 rings (SSSR count). The van der Waals surface area contributed by atoms with Crippen LogP contribution in [0.15, 0.2) is 70.8 Å². The van der Waals surface area contributed by atoms with Crippen molar-refractivity contribution in [3.8, 4) is 6.07 Å². The Bertz CT molecular complexity index is 848. The van der Waals surface area contributed by atoms with Gasteiger partial charge in [-0.25, -0.2) is 0 Å². The van der Waals surface area contributed by atoms with E-state index in [9.17, 15) is 10.1 Å². The summed E-state index contributed by atoms with van der Waals surface area (Å²) in [5, 5.41) is 12.5. The number of nitriles is 1. The fraction of sp³-hybridized carbons (Fsp3) is 0.304. The summed E-state index contributed by atoms with van der Waals surface area (Å²) in [4.78, 5) is 14.5. The molecule has 1 N–H and O–H groups in total. The van der Waals surface area contributed by atoms with Crippen LogP contribution in [0, 0.1) is 17.2 Å². The Balaban J connectivity index is 1.49. The largest absolute Gasteiger partial charge is 0.386 e. The van der Waals surface area contributed by atoms with Gasteiger partial charge in [-0.1, -0.05) is 58.4 Å². The SMILES string of the molecule is N#C/C(=C/NCc1ccc(Br)cc1)C(=O)N1CCC(Cc2ccccc2)CC1. The molecule has 0 bridgehead atoms. The summed E-state index contributed by atoms with van der Waals surface area (Å²) in [6.07, 6.45) is 4.55. The second-order valence-electron chi connectivity index (χ2n) is 7.10. The van der Waals surface area contributed by atoms with E-state index in [0.29, 0.717) is 25.6 Å². The molecule has 28 heavy (non-hydrogen) atoms. The average molecular weight is 438 g/mol. The van der Waals surface area contributed by atoms with Gasteiger partial charge in [-0.15, -0.1) is 0 Å². The van der Waals surface area contributed by atoms with E-state index in [4.69, 9.17) is 0 Å². The molecule has 1 heterocycles. The first-order valence-corrected chi connectivity index (χ1v) is 10.4. The van der Waals surface area contributed by atoms with Gasteiger partial charge in [0.05, 0.1) is 0 Å². The molecule has 1 aliphatic rings. The highest BCUT2D eigenvalue weighted by molar-refractivity contribution is 9.10. The van der Waals surface area contributed by atoms with Crippen LogP contribution in [-0.4, -0.2) is 23.9 Å². The molecule has 0 saturated carbocycles. The van der Waals surface area contributed by atoms with E-state index >= 15 is 0 Å². The Morgan fingerprint density at radius 3 is 2.43 bits per heavy atom. The van der Waals surface area contributed by atoms with Crippen molar-refractivity contribution in [2.45, 2.75) is 25.8 Å². The molecular weight excluding hydrogens is 414 g/mol. The third kappa shape index (κ3) is 5.71. The Kier molecular flexibility index (Phi) is 7.27. The Morgan fingerprint density at radius 1 is 1.11 bits per heavy atom. The summed E-state index contributed by atoms with van der Waals surface area (Å²) in [6.45, 7) is 2.00. The smallest absolute Gasteiger partial charge is 0.265 e. The molecule has 2 aromatic carbocycles. The molecule has 0 aliphatic carbocycles. The molecular formula is C23H24BrN3O. The third-order valence-electron chi connectivity index (χ3n) is 5.09. The fourth-order valence-electron chi connectivity index (χ4n) is 3.47. The zero-order chi connectivity index (χ0) is 19.8. The first kappa shape index (κ1) is 20.2. The van der Waals surface area contributed by atoms with Gasteiger partial charge in [-0.2, -0.15) is 5.26 Å². The maximum Gasteiger partial charge on any atom is 0.265 e. The third-order valence-corrected chi connectivity index (χ3v) is 5.61. The average Bonchev–Trinajstić information content (AvgIpc) is 2.73. The molecule has 0 atom stereocenters. The number of halogens is 1. The zero-order valence-corrected chi connectivity index (χ0v) is 17.4. The van der Waals surface area contributed by atoms with Crippen molar-refractivity contribution in [2.24, 2.45) is 5.92 Å². The van der Waals surface area contributed by atoms with Crippen LogP contribution in [0.2, 0.25) is 0 Å². The fourth-order valence-corrected chi connectivity index (χ4v) is 3.74. The minimum Gasteiger partial charge on any atom is -0.386 e. The van der Waals surface area contributed by atoms with E-state index in [-0.39, 0.29) is 11.5 Å². The van der Waals surface area contributed by atoms with Gasteiger partial charge in [-0.05, 0) is 48.4 Å². The summed E-state index contributed by atoms with van der Waals surface area (Å²) in [6, 6.07) is 20.5. The summed E-state index contributed by atoms with van der Waals surface area (Å²) >= 11 is 3.41. The van der Waals surface area contributed by atoms with E-state index in [1.807, 2.05) is 36.4 Å². The molecule has 1 saturated heterocycles. The molecule has 5 heteroatoms. The Morgan fingerprint density at radius 2 is 1.79 bits per heavy atom. The number of carbonyl (C=O) groups excluding carboxylic acids is 1. The monoisotopic (exact) mass is 437 g/mol. The first-order chi connectivity index (χ1) is 13.7. The first-order valence-electron chi connectivity index (χ1n) is 9.57. The lowest BCUT2D eigenvalue weighted by atomic mass is 9.90. The minimum absolute atomic E-state index is 0.165. The van der Waals surface area contributed by atoms with E-state index < -0.39 is 0 Å². The highest BCUT2D eigenvalue weighted by Gasteiger charge is 2.25. The molecule has 1 aliphatic heterocycles. The van der Waals surface area contributed by atoms with Crippen molar-refractivity contribution in [1.29, 1.82) is 5.26 Å². The van der Waals surface area contributed by atoms with Crippen LogP contribution < -0.4 is 5.32 Å². The summed E-state index contributed by atoms with van der Waals surface area (Å²) in [7, 11) is 0. The molecule has 144 valence electrons. The van der Waals surface area contributed by atoms with Crippen molar-refractivity contribution in [1.82, 2.24) is 10.2 Å². The van der Waals surface area contributed by atoms with Crippen LogP contribution in [-0.2, 0) is 17.8 Å². The predicted molar refractivity (Wildman–Crippen MR) is 114 cm³/mol. The second-order valence-corrected chi connectivity index (χ2v) is 8.02. The normalized spacial score (nSPS) is 15.1. The van der Waals surface area contributed by atoms with Crippen molar-refractivity contribution in [2.75, 3.05) is 13.1 Å². The predicted octanol–water partition coefficient (Wildman–Crippen LogP) is 4.43. The standard InChI is InChI=1S/C23H24BrN3O/c24-22-8-6-20(7-9-22)16-26-17-21(15-25)23(28)27-12-10-19(11-13-27)14-18-4-2-1-3-5-18/h1-9,17,19,26H,10-14,16H2/b21-17-. The van der Waals surface area contributed by atoms with Crippen LogP contribution >= 0.6 is 15.9 Å². The van der Waals surface area contributed by atoms with Gasteiger partial charge in [0, 0.05) is 30.3 Å². The number of piperidine rings is 1. The van der Waals surface area contributed by atoms with Gasteiger partial charge in [-0.3, -0.25) is 4.79 Å². The summed E-state index contributed by atoms with van der Waals surface area (Å²) < 4.78 is 1.02. The van der Waals surface area contributed by atoms with Crippen LogP contribution in [0.25, 0.3) is 0 Å². The van der Waals surface area contributed by atoms with Crippen molar-refractivity contribution in [3.05, 3.63) is 82.0 Å². The van der Waals surface area contributed by atoms with Gasteiger partial charge in [0.15, 0.2) is 0 Å². The molecule has 0 radical (unpaired) electrons. The van der Waals surface area contributed by atoms with E-state index in [1.54, 1.807) is 11.1 Å². The number of benzene rings is 2. The van der Waals surface area contributed by atoms with Gasteiger partial charge in [0.1, 0.15) is 11.6 Å². The lowest BCUT2D eigenvalue weighted by Crippen LogP contribution is -2.39. The molecule has 1 amide bonds. The van der Waals surface area contributed by atoms with E-state index in [1.165, 1.54) is 5.56 Å². The quantitative estimate of drug-likeness (QED) is 0.537.